The lowest BCUT2D eigenvalue weighted by atomic mass is 10.1. The number of carbonyl (C=O) groups excluding carboxylic acids is 1. The summed E-state index contributed by atoms with van der Waals surface area (Å²) in [4.78, 5) is 22.3. The van der Waals surface area contributed by atoms with Crippen LogP contribution in [0, 0.1) is 0 Å². The molecular weight excluding hydrogens is 314 g/mol. The SMILES string of the molecule is CC(=NN)c1ccc(N2CC(c3nc4ccccc4[nH]3)CC2=O)cc1. The molecule has 3 N–H and O–H groups in total. The summed E-state index contributed by atoms with van der Waals surface area (Å²) in [7, 11) is 0. The highest BCUT2D eigenvalue weighted by Crippen LogP contribution is 2.31. The zero-order chi connectivity index (χ0) is 17.4. The number of amides is 1. The van der Waals surface area contributed by atoms with Gasteiger partial charge in [-0.1, -0.05) is 24.3 Å². The molecule has 2 aromatic carbocycles. The van der Waals surface area contributed by atoms with Gasteiger partial charge in [-0.25, -0.2) is 4.98 Å². The molecule has 126 valence electrons. The van der Waals surface area contributed by atoms with Gasteiger partial charge in [-0.05, 0) is 36.8 Å². The van der Waals surface area contributed by atoms with Crippen molar-refractivity contribution in [2.24, 2.45) is 10.9 Å². The van der Waals surface area contributed by atoms with Crippen LogP contribution < -0.4 is 10.7 Å². The number of nitrogens with zero attached hydrogens (tertiary/aromatic N) is 3. The number of anilines is 1. The predicted octanol–water partition coefficient (Wildman–Crippen LogP) is 2.77. The van der Waals surface area contributed by atoms with Gasteiger partial charge in [0.2, 0.25) is 5.91 Å². The van der Waals surface area contributed by atoms with E-state index < -0.39 is 0 Å². The zero-order valence-electron chi connectivity index (χ0n) is 13.9. The third-order valence-electron chi connectivity index (χ3n) is 4.71. The second kappa shape index (κ2) is 6.05. The number of fused-ring (bicyclic) bond motifs is 1. The first kappa shape index (κ1) is 15.4. The van der Waals surface area contributed by atoms with Crippen molar-refractivity contribution in [3.63, 3.8) is 0 Å². The first-order chi connectivity index (χ1) is 12.2. The molecule has 0 saturated carbocycles. The molecule has 1 fully saturated rings. The van der Waals surface area contributed by atoms with Gasteiger partial charge < -0.3 is 15.7 Å². The molecule has 1 aliphatic rings. The van der Waals surface area contributed by atoms with Crippen LogP contribution in [0.25, 0.3) is 11.0 Å². The van der Waals surface area contributed by atoms with Gasteiger partial charge in [0.25, 0.3) is 0 Å². The van der Waals surface area contributed by atoms with Gasteiger partial charge in [-0.3, -0.25) is 4.79 Å². The van der Waals surface area contributed by atoms with Gasteiger partial charge in [0.05, 0.1) is 16.7 Å². The molecule has 0 aliphatic carbocycles. The Morgan fingerprint density at radius 2 is 2.00 bits per heavy atom. The van der Waals surface area contributed by atoms with Gasteiger partial charge in [0.1, 0.15) is 5.82 Å². The zero-order valence-corrected chi connectivity index (χ0v) is 13.9. The van der Waals surface area contributed by atoms with Crippen LogP contribution in [-0.4, -0.2) is 28.1 Å². The van der Waals surface area contributed by atoms with E-state index in [2.05, 4.69) is 15.1 Å². The molecular formula is C19H19N5O. The Hall–Kier alpha value is -3.15. The number of H-pyrrole nitrogens is 1. The number of para-hydroxylation sites is 2. The number of nitrogens with two attached hydrogens (primary N) is 1. The largest absolute Gasteiger partial charge is 0.342 e. The van der Waals surface area contributed by atoms with Crippen LogP contribution >= 0.6 is 0 Å². The Kier molecular flexibility index (Phi) is 3.72. The highest BCUT2D eigenvalue weighted by molar-refractivity contribution is 6.00. The van der Waals surface area contributed by atoms with Crippen LogP contribution in [-0.2, 0) is 4.79 Å². The lowest BCUT2D eigenvalue weighted by molar-refractivity contribution is -0.117. The minimum atomic E-state index is 0.0758. The van der Waals surface area contributed by atoms with Crippen LogP contribution in [0.4, 0.5) is 5.69 Å². The maximum absolute atomic E-state index is 12.5. The smallest absolute Gasteiger partial charge is 0.227 e. The lowest BCUT2D eigenvalue weighted by Gasteiger charge is -2.16. The molecule has 1 amide bonds. The summed E-state index contributed by atoms with van der Waals surface area (Å²) in [5, 5.41) is 3.70. The number of rotatable bonds is 3. The fraction of sp³-hybridized carbons (Fsp3) is 0.211. The maximum Gasteiger partial charge on any atom is 0.227 e. The van der Waals surface area contributed by atoms with Crippen molar-refractivity contribution in [1.82, 2.24) is 9.97 Å². The number of hydrogen-bond donors (Lipinski definition) is 2. The van der Waals surface area contributed by atoms with Crippen molar-refractivity contribution in [3.05, 3.63) is 59.9 Å². The van der Waals surface area contributed by atoms with E-state index in [9.17, 15) is 4.79 Å². The molecule has 6 heteroatoms. The molecule has 25 heavy (non-hydrogen) atoms. The maximum atomic E-state index is 12.5. The number of aromatic amines is 1. The summed E-state index contributed by atoms with van der Waals surface area (Å²) in [6.07, 6.45) is 0.463. The Morgan fingerprint density at radius 1 is 1.24 bits per heavy atom. The monoisotopic (exact) mass is 333 g/mol. The molecule has 0 spiro atoms. The molecule has 1 aromatic heterocycles. The Morgan fingerprint density at radius 3 is 2.72 bits per heavy atom. The topological polar surface area (TPSA) is 87.4 Å². The first-order valence-electron chi connectivity index (χ1n) is 8.25. The van der Waals surface area contributed by atoms with Gasteiger partial charge in [0.15, 0.2) is 0 Å². The molecule has 1 unspecified atom stereocenters. The van der Waals surface area contributed by atoms with Crippen molar-refractivity contribution in [2.75, 3.05) is 11.4 Å². The van der Waals surface area contributed by atoms with E-state index in [1.54, 1.807) is 0 Å². The summed E-state index contributed by atoms with van der Waals surface area (Å²) >= 11 is 0. The molecule has 6 nitrogen and oxygen atoms in total. The molecule has 2 heterocycles. The number of aromatic nitrogens is 2. The molecule has 1 saturated heterocycles. The van der Waals surface area contributed by atoms with E-state index >= 15 is 0 Å². The molecule has 0 bridgehead atoms. The highest BCUT2D eigenvalue weighted by Gasteiger charge is 2.33. The normalized spacial score (nSPS) is 18.3. The van der Waals surface area contributed by atoms with E-state index in [4.69, 9.17) is 5.84 Å². The van der Waals surface area contributed by atoms with E-state index in [0.717, 1.165) is 33.8 Å². The number of hydrazone groups is 1. The number of nitrogens with one attached hydrogen (secondary N) is 1. The highest BCUT2D eigenvalue weighted by atomic mass is 16.2. The Bertz CT molecular complexity index is 924. The van der Waals surface area contributed by atoms with E-state index in [-0.39, 0.29) is 11.8 Å². The average molecular weight is 333 g/mol. The molecule has 1 aliphatic heterocycles. The Balaban J connectivity index is 1.57. The van der Waals surface area contributed by atoms with Crippen molar-refractivity contribution < 1.29 is 4.79 Å². The van der Waals surface area contributed by atoms with E-state index in [0.29, 0.717) is 13.0 Å². The van der Waals surface area contributed by atoms with Crippen molar-refractivity contribution in [1.29, 1.82) is 0 Å². The predicted molar refractivity (Wildman–Crippen MR) is 98.6 cm³/mol. The fourth-order valence-electron chi connectivity index (χ4n) is 3.26. The van der Waals surface area contributed by atoms with Crippen molar-refractivity contribution in [2.45, 2.75) is 19.3 Å². The lowest BCUT2D eigenvalue weighted by Crippen LogP contribution is -2.24. The third-order valence-corrected chi connectivity index (χ3v) is 4.71. The number of benzene rings is 2. The van der Waals surface area contributed by atoms with Crippen molar-refractivity contribution in [3.8, 4) is 0 Å². The summed E-state index contributed by atoms with van der Waals surface area (Å²) < 4.78 is 0. The first-order valence-corrected chi connectivity index (χ1v) is 8.25. The second-order valence-corrected chi connectivity index (χ2v) is 6.31. The number of carbonyl (C=O) groups is 1. The third kappa shape index (κ3) is 2.76. The summed E-state index contributed by atoms with van der Waals surface area (Å²) in [5.41, 5.74) is 4.54. The van der Waals surface area contributed by atoms with Crippen LogP contribution in [0.2, 0.25) is 0 Å². The standard InChI is InChI=1S/C19H19N5O/c1-12(23-20)13-6-8-15(9-7-13)24-11-14(10-18(24)25)19-21-16-4-2-3-5-17(16)22-19/h2-9,14H,10-11,20H2,1H3,(H,21,22). The average Bonchev–Trinajstić information content (AvgIpc) is 3.24. The molecule has 3 aromatic rings. The second-order valence-electron chi connectivity index (χ2n) is 6.31. The van der Waals surface area contributed by atoms with Crippen LogP contribution in [0.3, 0.4) is 0 Å². The van der Waals surface area contributed by atoms with Crippen LogP contribution in [0.1, 0.15) is 30.7 Å². The van der Waals surface area contributed by atoms with Gasteiger partial charge in [-0.15, -0.1) is 0 Å². The van der Waals surface area contributed by atoms with Crippen LogP contribution in [0.15, 0.2) is 53.6 Å². The fourth-order valence-corrected chi connectivity index (χ4v) is 3.26. The van der Waals surface area contributed by atoms with E-state index in [1.165, 1.54) is 0 Å². The van der Waals surface area contributed by atoms with Gasteiger partial charge >= 0.3 is 0 Å². The number of hydrogen-bond acceptors (Lipinski definition) is 4. The van der Waals surface area contributed by atoms with Gasteiger partial charge in [-0.2, -0.15) is 5.10 Å². The number of imidazole rings is 1. The molecule has 0 radical (unpaired) electrons. The summed E-state index contributed by atoms with van der Waals surface area (Å²) in [6.45, 7) is 2.48. The molecule has 1 atom stereocenters. The minimum Gasteiger partial charge on any atom is -0.342 e. The van der Waals surface area contributed by atoms with Crippen molar-refractivity contribution >= 4 is 28.3 Å². The minimum absolute atomic E-state index is 0.0758. The summed E-state index contributed by atoms with van der Waals surface area (Å²) in [6, 6.07) is 15.7. The molecule has 4 rings (SSSR count). The van der Waals surface area contributed by atoms with Gasteiger partial charge in [0, 0.05) is 24.6 Å². The van der Waals surface area contributed by atoms with Crippen LogP contribution in [0.5, 0.6) is 0 Å². The Labute approximate surface area is 145 Å². The summed E-state index contributed by atoms with van der Waals surface area (Å²) in [5.74, 6) is 6.38. The van der Waals surface area contributed by atoms with E-state index in [1.807, 2.05) is 60.4 Å². The quantitative estimate of drug-likeness (QED) is 0.439.